The van der Waals surface area contributed by atoms with Crippen LogP contribution in [0.3, 0.4) is 0 Å². The van der Waals surface area contributed by atoms with Crippen molar-refractivity contribution in [3.63, 3.8) is 0 Å². The van der Waals surface area contributed by atoms with Gasteiger partial charge in [-0.1, -0.05) is 23.7 Å². The van der Waals surface area contributed by atoms with Crippen molar-refractivity contribution in [3.05, 3.63) is 70.5 Å². The number of ether oxygens (including phenoxy) is 1. The van der Waals surface area contributed by atoms with Gasteiger partial charge in [0.15, 0.2) is 24.1 Å². The van der Waals surface area contributed by atoms with Gasteiger partial charge < -0.3 is 10.1 Å². The summed E-state index contributed by atoms with van der Waals surface area (Å²) in [7, 11) is 0. The number of hydrogen-bond acceptors (Lipinski definition) is 3. The second kappa shape index (κ2) is 8.34. The summed E-state index contributed by atoms with van der Waals surface area (Å²) in [4.78, 5) is 23.1. The van der Waals surface area contributed by atoms with E-state index in [1.54, 1.807) is 24.3 Å². The van der Waals surface area contributed by atoms with Crippen LogP contribution in [0.1, 0.15) is 5.56 Å². The van der Waals surface area contributed by atoms with Gasteiger partial charge in [0.05, 0.1) is 5.69 Å². The maximum atomic E-state index is 13.4. The molecule has 130 valence electrons. The standard InChI is InChI=1S/C17H11ClF3NO3/c18-11-4-1-10(2-5-11)3-8-15(24)25-9-14(23)22-13-7-6-12(19)16(20)17(13)21/h1-8H,9H2,(H,22,23). The SMILES string of the molecule is O=C(COC(=O)C=Cc1ccc(Cl)cc1)Nc1ccc(F)c(F)c1F. The van der Waals surface area contributed by atoms with Gasteiger partial charge in [-0.3, -0.25) is 4.79 Å². The van der Waals surface area contributed by atoms with Gasteiger partial charge in [-0.05, 0) is 35.9 Å². The first-order chi connectivity index (χ1) is 11.9. The summed E-state index contributed by atoms with van der Waals surface area (Å²) >= 11 is 5.72. The monoisotopic (exact) mass is 369 g/mol. The number of anilines is 1. The molecule has 0 aliphatic rings. The average molecular weight is 370 g/mol. The Bertz CT molecular complexity index is 823. The van der Waals surface area contributed by atoms with Gasteiger partial charge in [0, 0.05) is 11.1 Å². The highest BCUT2D eigenvalue weighted by molar-refractivity contribution is 6.30. The fourth-order valence-corrected chi connectivity index (χ4v) is 1.86. The van der Waals surface area contributed by atoms with E-state index >= 15 is 0 Å². The minimum Gasteiger partial charge on any atom is -0.452 e. The molecular weight excluding hydrogens is 359 g/mol. The molecule has 0 heterocycles. The first-order valence-corrected chi connectivity index (χ1v) is 7.28. The van der Waals surface area contributed by atoms with Crippen LogP contribution in [0.25, 0.3) is 6.08 Å². The summed E-state index contributed by atoms with van der Waals surface area (Å²) in [5.41, 5.74) is 0.131. The zero-order valence-corrected chi connectivity index (χ0v) is 13.3. The second-order valence-corrected chi connectivity index (χ2v) is 5.20. The Morgan fingerprint density at radius 2 is 1.72 bits per heavy atom. The quantitative estimate of drug-likeness (QED) is 0.493. The van der Waals surface area contributed by atoms with Crippen LogP contribution in [-0.2, 0) is 14.3 Å². The van der Waals surface area contributed by atoms with Gasteiger partial charge >= 0.3 is 5.97 Å². The van der Waals surface area contributed by atoms with Crippen molar-refractivity contribution in [1.29, 1.82) is 0 Å². The van der Waals surface area contributed by atoms with Crippen LogP contribution in [0.2, 0.25) is 5.02 Å². The Hall–Kier alpha value is -2.80. The first kappa shape index (κ1) is 18.5. The van der Waals surface area contributed by atoms with E-state index in [1.807, 2.05) is 5.32 Å². The first-order valence-electron chi connectivity index (χ1n) is 6.90. The van der Waals surface area contributed by atoms with E-state index in [-0.39, 0.29) is 0 Å². The van der Waals surface area contributed by atoms with E-state index in [1.165, 1.54) is 6.08 Å². The molecule has 0 atom stereocenters. The van der Waals surface area contributed by atoms with E-state index in [0.29, 0.717) is 16.7 Å². The third kappa shape index (κ3) is 5.36. The van der Waals surface area contributed by atoms with Crippen LogP contribution in [0.15, 0.2) is 42.5 Å². The lowest BCUT2D eigenvalue weighted by Crippen LogP contribution is -2.21. The summed E-state index contributed by atoms with van der Waals surface area (Å²) in [5, 5.41) is 2.52. The molecule has 1 N–H and O–H groups in total. The van der Waals surface area contributed by atoms with Crippen molar-refractivity contribution in [2.24, 2.45) is 0 Å². The number of hydrogen-bond donors (Lipinski definition) is 1. The minimum absolute atomic E-state index is 0.542. The van der Waals surface area contributed by atoms with E-state index in [4.69, 9.17) is 11.6 Å². The van der Waals surface area contributed by atoms with E-state index < -0.39 is 41.6 Å². The Kier molecular flexibility index (Phi) is 6.19. The zero-order valence-electron chi connectivity index (χ0n) is 12.6. The number of esters is 1. The molecule has 0 saturated carbocycles. The molecule has 2 aromatic rings. The second-order valence-electron chi connectivity index (χ2n) is 4.76. The normalized spacial score (nSPS) is 10.7. The van der Waals surface area contributed by atoms with Crippen molar-refractivity contribution in [3.8, 4) is 0 Å². The summed E-state index contributed by atoms with van der Waals surface area (Å²) in [6.07, 6.45) is 2.54. The molecule has 0 unspecified atom stereocenters. The number of halogens is 4. The Morgan fingerprint density at radius 3 is 2.40 bits per heavy atom. The van der Waals surface area contributed by atoms with Gasteiger partial charge in [0.1, 0.15) is 0 Å². The lowest BCUT2D eigenvalue weighted by molar-refractivity contribution is -0.142. The number of carbonyl (C=O) groups excluding carboxylic acids is 2. The van der Waals surface area contributed by atoms with Crippen LogP contribution in [0, 0.1) is 17.5 Å². The van der Waals surface area contributed by atoms with Gasteiger partial charge in [-0.2, -0.15) is 0 Å². The van der Waals surface area contributed by atoms with Crippen LogP contribution < -0.4 is 5.32 Å². The molecule has 2 rings (SSSR count). The summed E-state index contributed by atoms with van der Waals surface area (Å²) in [5.74, 6) is -6.34. The van der Waals surface area contributed by atoms with Crippen molar-refractivity contribution >= 4 is 35.2 Å². The number of benzene rings is 2. The van der Waals surface area contributed by atoms with Crippen molar-refractivity contribution in [2.45, 2.75) is 0 Å². The summed E-state index contributed by atoms with van der Waals surface area (Å²) < 4.78 is 43.9. The molecule has 0 radical (unpaired) electrons. The maximum absolute atomic E-state index is 13.4. The van der Waals surface area contributed by atoms with Crippen LogP contribution in [0.4, 0.5) is 18.9 Å². The molecular formula is C17H11ClF3NO3. The number of nitrogens with one attached hydrogen (secondary N) is 1. The number of rotatable bonds is 5. The van der Waals surface area contributed by atoms with Crippen molar-refractivity contribution < 1.29 is 27.5 Å². The predicted octanol–water partition coefficient (Wildman–Crippen LogP) is 3.95. The van der Waals surface area contributed by atoms with E-state index in [0.717, 1.165) is 12.1 Å². The molecule has 0 aliphatic heterocycles. The van der Waals surface area contributed by atoms with Crippen LogP contribution in [-0.4, -0.2) is 18.5 Å². The molecule has 4 nitrogen and oxygen atoms in total. The molecule has 0 aliphatic carbocycles. The molecule has 0 aromatic heterocycles. The molecule has 25 heavy (non-hydrogen) atoms. The van der Waals surface area contributed by atoms with E-state index in [2.05, 4.69) is 4.74 Å². The fourth-order valence-electron chi connectivity index (χ4n) is 1.73. The fraction of sp³-hybridized carbons (Fsp3) is 0.0588. The molecule has 0 bridgehead atoms. The highest BCUT2D eigenvalue weighted by Crippen LogP contribution is 2.19. The van der Waals surface area contributed by atoms with Crippen molar-refractivity contribution in [1.82, 2.24) is 0 Å². The molecule has 8 heteroatoms. The molecule has 1 amide bonds. The number of carbonyl (C=O) groups is 2. The van der Waals surface area contributed by atoms with Gasteiger partial charge in [0.25, 0.3) is 5.91 Å². The van der Waals surface area contributed by atoms with Crippen molar-refractivity contribution in [2.75, 3.05) is 11.9 Å². The third-order valence-corrected chi connectivity index (χ3v) is 3.19. The highest BCUT2D eigenvalue weighted by Gasteiger charge is 2.15. The summed E-state index contributed by atoms with van der Waals surface area (Å²) in [6.45, 7) is -0.720. The smallest absolute Gasteiger partial charge is 0.331 e. The topological polar surface area (TPSA) is 55.4 Å². The molecule has 2 aromatic carbocycles. The van der Waals surface area contributed by atoms with Gasteiger partial charge in [-0.15, -0.1) is 0 Å². The minimum atomic E-state index is -1.71. The Labute approximate surface area is 145 Å². The average Bonchev–Trinajstić information content (AvgIpc) is 2.60. The lowest BCUT2D eigenvalue weighted by atomic mass is 10.2. The largest absolute Gasteiger partial charge is 0.452 e. The van der Waals surface area contributed by atoms with Crippen LogP contribution >= 0.6 is 11.6 Å². The lowest BCUT2D eigenvalue weighted by Gasteiger charge is -2.07. The molecule has 0 spiro atoms. The zero-order chi connectivity index (χ0) is 18.4. The summed E-state index contributed by atoms with van der Waals surface area (Å²) in [6, 6.07) is 8.13. The van der Waals surface area contributed by atoms with Gasteiger partial charge in [0.2, 0.25) is 0 Å². The third-order valence-electron chi connectivity index (χ3n) is 2.94. The maximum Gasteiger partial charge on any atom is 0.331 e. The molecule has 0 fully saturated rings. The van der Waals surface area contributed by atoms with Crippen LogP contribution in [0.5, 0.6) is 0 Å². The van der Waals surface area contributed by atoms with Gasteiger partial charge in [-0.25, -0.2) is 18.0 Å². The van der Waals surface area contributed by atoms with E-state index in [9.17, 15) is 22.8 Å². The predicted molar refractivity (Wildman–Crippen MR) is 86.4 cm³/mol. The number of amides is 1. The Morgan fingerprint density at radius 1 is 1.04 bits per heavy atom. The Balaban J connectivity index is 1.86. The molecule has 0 saturated heterocycles. The highest BCUT2D eigenvalue weighted by atomic mass is 35.5.